The van der Waals surface area contributed by atoms with Crippen molar-refractivity contribution in [2.45, 2.75) is 22.8 Å². The zero-order valence-corrected chi connectivity index (χ0v) is 10.2. The van der Waals surface area contributed by atoms with E-state index in [1.807, 2.05) is 12.1 Å². The van der Waals surface area contributed by atoms with Crippen LogP contribution in [0.5, 0.6) is 0 Å². The molecule has 0 amide bonds. The molecule has 2 unspecified atom stereocenters. The highest BCUT2D eigenvalue weighted by Crippen LogP contribution is 2.42. The maximum atomic E-state index is 12.1. The standard InChI is InChI=1S/C12H15NO3S/c13-12(5-6-16-8-12)10-7-17(14,15)11-4-2-1-3-9(10)11/h1-4,10H,5-8,13H2. The van der Waals surface area contributed by atoms with Crippen LogP contribution in [-0.2, 0) is 14.6 Å². The van der Waals surface area contributed by atoms with Gasteiger partial charge in [0.25, 0.3) is 0 Å². The van der Waals surface area contributed by atoms with Gasteiger partial charge in [-0.15, -0.1) is 0 Å². The highest BCUT2D eigenvalue weighted by atomic mass is 32.2. The van der Waals surface area contributed by atoms with E-state index in [-0.39, 0.29) is 11.7 Å². The first kappa shape index (κ1) is 11.2. The van der Waals surface area contributed by atoms with Gasteiger partial charge in [0.15, 0.2) is 9.84 Å². The molecule has 4 nitrogen and oxygen atoms in total. The zero-order valence-electron chi connectivity index (χ0n) is 9.43. The summed E-state index contributed by atoms with van der Waals surface area (Å²) in [6.07, 6.45) is 0.724. The van der Waals surface area contributed by atoms with Crippen LogP contribution in [0.15, 0.2) is 29.2 Å². The lowest BCUT2D eigenvalue weighted by atomic mass is 9.81. The van der Waals surface area contributed by atoms with Crippen molar-refractivity contribution in [1.82, 2.24) is 0 Å². The Morgan fingerprint density at radius 1 is 1.35 bits per heavy atom. The van der Waals surface area contributed by atoms with Crippen LogP contribution in [-0.4, -0.2) is 32.9 Å². The number of ether oxygens (including phenoxy) is 1. The Morgan fingerprint density at radius 2 is 2.12 bits per heavy atom. The Kier molecular flexibility index (Phi) is 2.33. The van der Waals surface area contributed by atoms with Gasteiger partial charge < -0.3 is 10.5 Å². The summed E-state index contributed by atoms with van der Waals surface area (Å²) in [7, 11) is -3.17. The maximum absolute atomic E-state index is 12.1. The van der Waals surface area contributed by atoms with Gasteiger partial charge in [0.2, 0.25) is 0 Å². The monoisotopic (exact) mass is 253 g/mol. The van der Waals surface area contributed by atoms with Gasteiger partial charge in [-0.05, 0) is 18.1 Å². The van der Waals surface area contributed by atoms with E-state index < -0.39 is 15.4 Å². The molecule has 2 atom stereocenters. The van der Waals surface area contributed by atoms with Gasteiger partial charge >= 0.3 is 0 Å². The topological polar surface area (TPSA) is 69.4 Å². The molecule has 2 aliphatic rings. The fourth-order valence-corrected chi connectivity index (χ4v) is 4.78. The van der Waals surface area contributed by atoms with E-state index in [9.17, 15) is 8.42 Å². The lowest BCUT2D eigenvalue weighted by Crippen LogP contribution is -2.47. The minimum Gasteiger partial charge on any atom is -0.379 e. The van der Waals surface area contributed by atoms with Gasteiger partial charge in [0, 0.05) is 18.1 Å². The number of nitrogens with two attached hydrogens (primary N) is 1. The van der Waals surface area contributed by atoms with Crippen molar-refractivity contribution >= 4 is 9.84 Å². The van der Waals surface area contributed by atoms with Crippen molar-refractivity contribution in [3.8, 4) is 0 Å². The van der Waals surface area contributed by atoms with Crippen LogP contribution in [0.3, 0.4) is 0 Å². The minimum atomic E-state index is -3.17. The number of rotatable bonds is 1. The number of hydrogen-bond acceptors (Lipinski definition) is 4. The van der Waals surface area contributed by atoms with Crippen LogP contribution in [0.4, 0.5) is 0 Å². The summed E-state index contributed by atoms with van der Waals surface area (Å²) in [5.74, 6) is -0.0159. The third-order valence-corrected chi connectivity index (χ3v) is 5.61. The molecule has 0 spiro atoms. The molecule has 0 radical (unpaired) electrons. The van der Waals surface area contributed by atoms with Crippen LogP contribution < -0.4 is 5.73 Å². The summed E-state index contributed by atoms with van der Waals surface area (Å²) < 4.78 is 29.5. The number of hydrogen-bond donors (Lipinski definition) is 1. The van der Waals surface area contributed by atoms with Gasteiger partial charge in [0.05, 0.1) is 17.3 Å². The van der Waals surface area contributed by atoms with Gasteiger partial charge in [0.1, 0.15) is 0 Å². The van der Waals surface area contributed by atoms with Crippen LogP contribution in [0.1, 0.15) is 17.9 Å². The Hall–Kier alpha value is -0.910. The summed E-state index contributed by atoms with van der Waals surface area (Å²) in [4.78, 5) is 0.446. The molecule has 92 valence electrons. The molecule has 2 aliphatic heterocycles. The average Bonchev–Trinajstić information content (AvgIpc) is 2.84. The molecule has 5 heteroatoms. The number of benzene rings is 1. The smallest absolute Gasteiger partial charge is 0.179 e. The zero-order chi connectivity index (χ0) is 12.1. The predicted octanol–water partition coefficient (Wildman–Crippen LogP) is 0.675. The van der Waals surface area contributed by atoms with E-state index in [1.165, 1.54) is 0 Å². The second kappa shape index (κ2) is 3.54. The van der Waals surface area contributed by atoms with Gasteiger partial charge in [-0.1, -0.05) is 18.2 Å². The molecule has 0 aromatic heterocycles. The first-order chi connectivity index (χ1) is 8.03. The molecule has 0 bridgehead atoms. The molecule has 1 saturated heterocycles. The van der Waals surface area contributed by atoms with Gasteiger partial charge in [-0.2, -0.15) is 0 Å². The fraction of sp³-hybridized carbons (Fsp3) is 0.500. The summed E-state index contributed by atoms with van der Waals surface area (Å²) in [6.45, 7) is 1.07. The third kappa shape index (κ3) is 1.61. The van der Waals surface area contributed by atoms with Crippen molar-refractivity contribution in [2.24, 2.45) is 5.73 Å². The van der Waals surface area contributed by atoms with Crippen molar-refractivity contribution in [2.75, 3.05) is 19.0 Å². The quantitative estimate of drug-likeness (QED) is 0.799. The third-order valence-electron chi connectivity index (χ3n) is 3.79. The van der Waals surface area contributed by atoms with Crippen molar-refractivity contribution < 1.29 is 13.2 Å². The minimum absolute atomic E-state index is 0.117. The number of fused-ring (bicyclic) bond motifs is 1. The van der Waals surface area contributed by atoms with Crippen molar-refractivity contribution in [1.29, 1.82) is 0 Å². The Labute approximate surface area is 101 Å². The van der Waals surface area contributed by atoms with E-state index in [1.54, 1.807) is 12.1 Å². The molecular weight excluding hydrogens is 238 g/mol. The summed E-state index contributed by atoms with van der Waals surface area (Å²) in [5, 5.41) is 0. The first-order valence-electron chi connectivity index (χ1n) is 5.71. The van der Waals surface area contributed by atoms with E-state index >= 15 is 0 Å². The SMILES string of the molecule is NC1(C2CS(=O)(=O)c3ccccc32)CCOC1. The highest BCUT2D eigenvalue weighted by molar-refractivity contribution is 7.91. The molecule has 3 rings (SSSR count). The largest absolute Gasteiger partial charge is 0.379 e. The van der Waals surface area contributed by atoms with Crippen LogP contribution in [0.25, 0.3) is 0 Å². The van der Waals surface area contributed by atoms with Gasteiger partial charge in [-0.25, -0.2) is 8.42 Å². The molecule has 1 aromatic rings. The second-order valence-electron chi connectivity index (χ2n) is 4.91. The van der Waals surface area contributed by atoms with Crippen LogP contribution in [0, 0.1) is 0 Å². The fourth-order valence-electron chi connectivity index (χ4n) is 2.80. The molecule has 0 saturated carbocycles. The van der Waals surface area contributed by atoms with E-state index in [0.717, 1.165) is 12.0 Å². The number of sulfone groups is 1. The Bertz CT molecular complexity index is 547. The van der Waals surface area contributed by atoms with E-state index in [2.05, 4.69) is 0 Å². The molecule has 2 N–H and O–H groups in total. The van der Waals surface area contributed by atoms with Crippen molar-refractivity contribution in [3.63, 3.8) is 0 Å². The van der Waals surface area contributed by atoms with Crippen LogP contribution >= 0.6 is 0 Å². The molecule has 2 heterocycles. The van der Waals surface area contributed by atoms with Crippen molar-refractivity contribution in [3.05, 3.63) is 29.8 Å². The lowest BCUT2D eigenvalue weighted by molar-refractivity contribution is 0.172. The normalized spacial score (nSPS) is 34.8. The lowest BCUT2D eigenvalue weighted by Gasteiger charge is -2.29. The maximum Gasteiger partial charge on any atom is 0.179 e. The first-order valence-corrected chi connectivity index (χ1v) is 7.36. The second-order valence-corrected chi connectivity index (χ2v) is 6.91. The molecule has 1 aromatic carbocycles. The summed E-state index contributed by atoms with van der Waals surface area (Å²) in [5.41, 5.74) is 6.64. The molecule has 1 fully saturated rings. The van der Waals surface area contributed by atoms with E-state index in [0.29, 0.717) is 18.1 Å². The molecular formula is C12H15NO3S. The average molecular weight is 253 g/mol. The Morgan fingerprint density at radius 3 is 2.82 bits per heavy atom. The predicted molar refractivity (Wildman–Crippen MR) is 63.6 cm³/mol. The summed E-state index contributed by atoms with van der Waals surface area (Å²) >= 11 is 0. The molecule has 0 aliphatic carbocycles. The molecule has 17 heavy (non-hydrogen) atoms. The van der Waals surface area contributed by atoms with E-state index in [4.69, 9.17) is 10.5 Å². The summed E-state index contributed by atoms with van der Waals surface area (Å²) in [6, 6.07) is 7.17. The van der Waals surface area contributed by atoms with Crippen LogP contribution in [0.2, 0.25) is 0 Å². The Balaban J connectivity index is 2.11. The van der Waals surface area contributed by atoms with Gasteiger partial charge in [-0.3, -0.25) is 0 Å². The highest BCUT2D eigenvalue weighted by Gasteiger charge is 2.47.